The van der Waals surface area contributed by atoms with Gasteiger partial charge in [-0.25, -0.2) is 18.6 Å². The summed E-state index contributed by atoms with van der Waals surface area (Å²) in [6, 6.07) is 5.68. The number of nitrogens with one attached hydrogen (secondary N) is 2. The van der Waals surface area contributed by atoms with Gasteiger partial charge in [0, 0.05) is 35.1 Å². The molecule has 2 aromatic rings. The lowest BCUT2D eigenvalue weighted by Gasteiger charge is -2.31. The zero-order valence-electron chi connectivity index (χ0n) is 14.5. The number of aliphatic hydroxyl groups is 1. The summed E-state index contributed by atoms with van der Waals surface area (Å²) in [6.45, 7) is 0.973. The van der Waals surface area contributed by atoms with Crippen LogP contribution in [0.1, 0.15) is 35.4 Å². The third-order valence-corrected chi connectivity index (χ3v) is 5.86. The zero-order chi connectivity index (χ0) is 19.0. The number of fused-ring (bicyclic) bond motifs is 1. The summed E-state index contributed by atoms with van der Waals surface area (Å²) in [5.74, 6) is 0. The molecule has 1 aromatic heterocycles. The highest BCUT2D eigenvalue weighted by molar-refractivity contribution is 7.15. The van der Waals surface area contributed by atoms with Crippen LogP contribution < -0.4 is 10.6 Å². The van der Waals surface area contributed by atoms with Crippen LogP contribution in [-0.2, 0) is 13.0 Å². The maximum Gasteiger partial charge on any atom is 0.322 e. The highest BCUT2D eigenvalue weighted by Crippen LogP contribution is 2.32. The molecule has 3 N–H and O–H groups in total. The van der Waals surface area contributed by atoms with E-state index in [1.165, 1.54) is 29.5 Å². The lowest BCUT2D eigenvalue weighted by atomic mass is 9.90. The maximum atomic E-state index is 12.8. The predicted molar refractivity (Wildman–Crippen MR) is 99.3 cm³/mol. The number of urea groups is 1. The molecule has 2 heterocycles. The monoisotopic (exact) mass is 394 g/mol. The minimum atomic E-state index is -2.57. The smallest absolute Gasteiger partial charge is 0.322 e. The molecule has 144 valence electrons. The Kier molecular flexibility index (Phi) is 4.96. The van der Waals surface area contributed by atoms with Crippen LogP contribution in [0, 0.1) is 0 Å². The Balaban J connectivity index is 1.38. The summed E-state index contributed by atoms with van der Waals surface area (Å²) in [4.78, 5) is 19.8. The molecule has 6 nitrogen and oxygen atoms in total. The first kappa shape index (κ1) is 18.1. The van der Waals surface area contributed by atoms with Crippen LogP contribution in [0.25, 0.3) is 0 Å². The lowest BCUT2D eigenvalue weighted by Crippen LogP contribution is -2.39. The number of carbonyl (C=O) groups excluding carboxylic acids is 1. The molecule has 4 rings (SSSR count). The Morgan fingerprint density at radius 1 is 1.37 bits per heavy atom. The summed E-state index contributed by atoms with van der Waals surface area (Å²) in [5, 5.41) is 16.2. The highest BCUT2D eigenvalue weighted by atomic mass is 32.1. The van der Waals surface area contributed by atoms with Crippen molar-refractivity contribution in [3.63, 3.8) is 0 Å². The van der Waals surface area contributed by atoms with Gasteiger partial charge in [0.25, 0.3) is 6.43 Å². The van der Waals surface area contributed by atoms with E-state index >= 15 is 0 Å². The summed E-state index contributed by atoms with van der Waals surface area (Å²) in [6.07, 6.45) is -0.669. The SMILES string of the molecule is O=C(Nc1cccc(C(F)F)c1)N1CCc2nc(N[C@H]3C[C@H](O)C3)sc2C1. The first-order valence-corrected chi connectivity index (χ1v) is 9.67. The van der Waals surface area contributed by atoms with E-state index in [0.29, 0.717) is 25.2 Å². The Morgan fingerprint density at radius 3 is 2.93 bits per heavy atom. The zero-order valence-corrected chi connectivity index (χ0v) is 15.3. The minimum Gasteiger partial charge on any atom is -0.393 e. The van der Waals surface area contributed by atoms with E-state index < -0.39 is 6.43 Å². The third kappa shape index (κ3) is 4.03. The fourth-order valence-electron chi connectivity index (χ4n) is 3.27. The van der Waals surface area contributed by atoms with E-state index in [1.54, 1.807) is 11.0 Å². The second-order valence-corrected chi connectivity index (χ2v) is 7.97. The van der Waals surface area contributed by atoms with Crippen LogP contribution in [-0.4, -0.2) is 39.7 Å². The topological polar surface area (TPSA) is 77.5 Å². The van der Waals surface area contributed by atoms with Crippen molar-refractivity contribution in [2.45, 2.75) is 44.4 Å². The molecule has 0 bridgehead atoms. The van der Waals surface area contributed by atoms with Gasteiger partial charge in [-0.1, -0.05) is 23.5 Å². The number of aromatic nitrogens is 1. The van der Waals surface area contributed by atoms with E-state index in [-0.39, 0.29) is 23.7 Å². The molecule has 0 unspecified atom stereocenters. The lowest BCUT2D eigenvalue weighted by molar-refractivity contribution is 0.0836. The summed E-state index contributed by atoms with van der Waals surface area (Å²) in [7, 11) is 0. The van der Waals surface area contributed by atoms with Crippen molar-refractivity contribution in [3.05, 3.63) is 40.4 Å². The Bertz CT molecular complexity index is 839. The number of thiazole rings is 1. The van der Waals surface area contributed by atoms with Crippen molar-refractivity contribution in [2.24, 2.45) is 0 Å². The van der Waals surface area contributed by atoms with Crippen LogP contribution in [0.4, 0.5) is 24.4 Å². The molecule has 1 aromatic carbocycles. The van der Waals surface area contributed by atoms with Gasteiger partial charge in [-0.15, -0.1) is 0 Å². The maximum absolute atomic E-state index is 12.8. The molecule has 0 atom stereocenters. The second-order valence-electron chi connectivity index (χ2n) is 6.88. The molecule has 1 aliphatic heterocycles. The number of hydrogen-bond acceptors (Lipinski definition) is 5. The molecule has 9 heteroatoms. The van der Waals surface area contributed by atoms with Gasteiger partial charge >= 0.3 is 6.03 Å². The van der Waals surface area contributed by atoms with Gasteiger partial charge in [0.2, 0.25) is 0 Å². The average molecular weight is 394 g/mol. The van der Waals surface area contributed by atoms with Gasteiger partial charge in [0.05, 0.1) is 18.3 Å². The van der Waals surface area contributed by atoms with Crippen molar-refractivity contribution < 1.29 is 18.7 Å². The molecule has 0 spiro atoms. The number of carbonyl (C=O) groups is 1. The van der Waals surface area contributed by atoms with Crippen molar-refractivity contribution in [1.82, 2.24) is 9.88 Å². The van der Waals surface area contributed by atoms with Crippen LogP contribution in [0.15, 0.2) is 24.3 Å². The molecule has 1 saturated carbocycles. The summed E-state index contributed by atoms with van der Waals surface area (Å²) >= 11 is 1.52. The van der Waals surface area contributed by atoms with E-state index in [9.17, 15) is 18.7 Å². The van der Waals surface area contributed by atoms with Crippen LogP contribution in [0.5, 0.6) is 0 Å². The van der Waals surface area contributed by atoms with E-state index in [2.05, 4.69) is 15.6 Å². The quantitative estimate of drug-likeness (QED) is 0.740. The number of aliphatic hydroxyl groups excluding tert-OH is 1. The van der Waals surface area contributed by atoms with Gasteiger partial charge in [0.1, 0.15) is 0 Å². The molecule has 1 aliphatic carbocycles. The number of rotatable bonds is 4. The molecule has 0 saturated heterocycles. The number of benzene rings is 1. The van der Waals surface area contributed by atoms with Crippen LogP contribution in [0.2, 0.25) is 0 Å². The van der Waals surface area contributed by atoms with Gasteiger partial charge in [-0.3, -0.25) is 0 Å². The fourth-order valence-corrected chi connectivity index (χ4v) is 4.37. The second kappa shape index (κ2) is 7.40. The van der Waals surface area contributed by atoms with Gasteiger partial charge in [-0.2, -0.15) is 0 Å². The normalized spacial score (nSPS) is 21.6. The third-order valence-electron chi connectivity index (χ3n) is 4.85. The molecule has 2 amide bonds. The van der Waals surface area contributed by atoms with Gasteiger partial charge in [-0.05, 0) is 25.0 Å². The minimum absolute atomic E-state index is 0.118. The van der Waals surface area contributed by atoms with E-state index in [0.717, 1.165) is 28.5 Å². The Labute approximate surface area is 159 Å². The largest absolute Gasteiger partial charge is 0.393 e. The van der Waals surface area contributed by atoms with E-state index in [1.807, 2.05) is 0 Å². The highest BCUT2D eigenvalue weighted by Gasteiger charge is 2.29. The fraction of sp³-hybridized carbons (Fsp3) is 0.444. The Hall–Kier alpha value is -2.26. The first-order valence-electron chi connectivity index (χ1n) is 8.85. The number of amides is 2. The summed E-state index contributed by atoms with van der Waals surface area (Å²) in [5.41, 5.74) is 1.23. The number of alkyl halides is 2. The standard InChI is InChI=1S/C18H20F2N4O2S/c19-16(20)10-2-1-3-11(6-10)22-18(26)24-5-4-14-15(9-24)27-17(23-14)21-12-7-13(25)8-12/h1-3,6,12-13,16,25H,4-5,7-9H2,(H,21,23)(H,22,26)/t12-,13-. The molecule has 2 aliphatic rings. The van der Waals surface area contributed by atoms with Gasteiger partial charge in [0.15, 0.2) is 5.13 Å². The average Bonchev–Trinajstić information content (AvgIpc) is 3.02. The van der Waals surface area contributed by atoms with E-state index in [4.69, 9.17) is 0 Å². The molecule has 27 heavy (non-hydrogen) atoms. The molecular weight excluding hydrogens is 374 g/mol. The number of hydrogen-bond donors (Lipinski definition) is 3. The van der Waals surface area contributed by atoms with Crippen molar-refractivity contribution in [3.8, 4) is 0 Å². The van der Waals surface area contributed by atoms with Crippen molar-refractivity contribution in [1.29, 1.82) is 0 Å². The van der Waals surface area contributed by atoms with Crippen LogP contribution >= 0.6 is 11.3 Å². The summed E-state index contributed by atoms with van der Waals surface area (Å²) < 4.78 is 25.6. The van der Waals surface area contributed by atoms with Crippen LogP contribution in [0.3, 0.4) is 0 Å². The molecule has 1 fully saturated rings. The molecule has 0 radical (unpaired) electrons. The van der Waals surface area contributed by atoms with Crippen molar-refractivity contribution in [2.75, 3.05) is 17.2 Å². The first-order chi connectivity index (χ1) is 13.0. The van der Waals surface area contributed by atoms with Gasteiger partial charge < -0.3 is 20.6 Å². The Morgan fingerprint density at radius 2 is 2.19 bits per heavy atom. The molecular formula is C18H20F2N4O2S. The predicted octanol–water partition coefficient (Wildman–Crippen LogP) is 3.61. The number of anilines is 2. The number of nitrogens with zero attached hydrogens (tertiary/aromatic N) is 2. The number of halogens is 2. The van der Waals surface area contributed by atoms with Crippen molar-refractivity contribution >= 4 is 28.2 Å².